The van der Waals surface area contributed by atoms with Gasteiger partial charge in [0, 0.05) is 11.6 Å². The maximum Gasteiger partial charge on any atom is 0.249 e. The van der Waals surface area contributed by atoms with Crippen LogP contribution in [0.25, 0.3) is 11.4 Å². The van der Waals surface area contributed by atoms with Crippen LogP contribution < -0.4 is 15.4 Å². The number of aromatic nitrogens is 2. The first-order chi connectivity index (χ1) is 13.1. The van der Waals surface area contributed by atoms with Gasteiger partial charge >= 0.3 is 0 Å². The first-order valence-corrected chi connectivity index (χ1v) is 9.68. The van der Waals surface area contributed by atoms with E-state index in [0.717, 1.165) is 17.7 Å². The number of halogens is 1. The molecular weight excluding hydrogens is 380 g/mol. The number of ether oxygens (including phenoxy) is 1. The molecule has 1 saturated carbocycles. The highest BCUT2D eigenvalue weighted by Crippen LogP contribution is 2.33. The van der Waals surface area contributed by atoms with Crippen LogP contribution in [0, 0.1) is 5.92 Å². The molecule has 1 aliphatic carbocycles. The van der Waals surface area contributed by atoms with E-state index in [0.29, 0.717) is 23.7 Å². The molecule has 2 aliphatic rings. The number of carbonyl (C=O) groups is 1. The molecule has 1 saturated heterocycles. The van der Waals surface area contributed by atoms with Crippen molar-refractivity contribution in [2.75, 3.05) is 7.11 Å². The van der Waals surface area contributed by atoms with E-state index in [-0.39, 0.29) is 30.4 Å². The van der Waals surface area contributed by atoms with Crippen LogP contribution in [0.2, 0.25) is 0 Å². The molecule has 1 aromatic carbocycles. The molecule has 1 aromatic heterocycles. The molecule has 0 bridgehead atoms. The number of rotatable bonds is 5. The molecule has 1 amide bonds. The summed E-state index contributed by atoms with van der Waals surface area (Å²) in [6.07, 6.45) is 5.86. The minimum atomic E-state index is -0.339. The van der Waals surface area contributed by atoms with Gasteiger partial charge in [0.05, 0.1) is 13.2 Å². The first kappa shape index (κ1) is 20.6. The highest BCUT2D eigenvalue weighted by molar-refractivity contribution is 5.85. The number of methoxy groups -OCH3 is 1. The van der Waals surface area contributed by atoms with Crippen molar-refractivity contribution in [3.05, 3.63) is 30.2 Å². The molecule has 7 nitrogen and oxygen atoms in total. The van der Waals surface area contributed by atoms with Crippen LogP contribution >= 0.6 is 12.4 Å². The normalized spacial score (nSPS) is 24.7. The van der Waals surface area contributed by atoms with Gasteiger partial charge in [0.1, 0.15) is 11.8 Å². The minimum absolute atomic E-state index is 0. The lowest BCUT2D eigenvalue weighted by molar-refractivity contribution is -0.123. The van der Waals surface area contributed by atoms with Crippen molar-refractivity contribution in [1.29, 1.82) is 0 Å². The summed E-state index contributed by atoms with van der Waals surface area (Å²) in [6, 6.07) is 7.51. The smallest absolute Gasteiger partial charge is 0.249 e. The summed E-state index contributed by atoms with van der Waals surface area (Å²) < 4.78 is 10.6. The Morgan fingerprint density at radius 2 is 2.18 bits per heavy atom. The zero-order chi connectivity index (χ0) is 18.8. The monoisotopic (exact) mass is 406 g/mol. The van der Waals surface area contributed by atoms with Crippen LogP contribution in [0.5, 0.6) is 5.75 Å². The molecule has 4 atom stereocenters. The van der Waals surface area contributed by atoms with E-state index < -0.39 is 0 Å². The lowest BCUT2D eigenvalue weighted by Gasteiger charge is -2.24. The van der Waals surface area contributed by atoms with Crippen molar-refractivity contribution in [2.45, 2.75) is 57.2 Å². The van der Waals surface area contributed by atoms with Gasteiger partial charge in [-0.25, -0.2) is 0 Å². The molecule has 4 unspecified atom stereocenters. The van der Waals surface area contributed by atoms with Crippen LogP contribution in [0.3, 0.4) is 0 Å². The molecule has 2 fully saturated rings. The zero-order valence-corrected chi connectivity index (χ0v) is 17.0. The minimum Gasteiger partial charge on any atom is -0.497 e. The quantitative estimate of drug-likeness (QED) is 0.792. The fourth-order valence-corrected chi connectivity index (χ4v) is 4.19. The van der Waals surface area contributed by atoms with E-state index in [1.807, 2.05) is 31.2 Å². The molecule has 28 heavy (non-hydrogen) atoms. The van der Waals surface area contributed by atoms with Crippen molar-refractivity contribution in [3.63, 3.8) is 0 Å². The van der Waals surface area contributed by atoms with Crippen LogP contribution in [-0.2, 0) is 4.79 Å². The summed E-state index contributed by atoms with van der Waals surface area (Å²) in [7, 11) is 1.62. The van der Waals surface area contributed by atoms with Crippen LogP contribution in [0.1, 0.15) is 51.0 Å². The molecule has 1 aliphatic heterocycles. The summed E-state index contributed by atoms with van der Waals surface area (Å²) in [6.45, 7) is 1.86. The highest BCUT2D eigenvalue weighted by atomic mass is 35.5. The van der Waals surface area contributed by atoms with Crippen LogP contribution in [0.15, 0.2) is 28.8 Å². The standard InChI is InChI=1S/C20H26N4O3.ClH/c1-12(21-19(25)17-11-13-6-3-4-9-16(13)22-17)20-23-18(24-27-20)14-7-5-8-15(10-14)26-2;/h5,7-8,10,12-13,16-17,22H,3-4,6,9,11H2,1-2H3,(H,21,25);1H. The molecule has 8 heteroatoms. The van der Waals surface area contributed by atoms with E-state index in [1.165, 1.54) is 25.7 Å². The van der Waals surface area contributed by atoms with Gasteiger partial charge in [-0.1, -0.05) is 30.1 Å². The predicted octanol–water partition coefficient (Wildman–Crippen LogP) is 3.26. The van der Waals surface area contributed by atoms with Gasteiger partial charge in [0.25, 0.3) is 0 Å². The van der Waals surface area contributed by atoms with Gasteiger partial charge in [-0.2, -0.15) is 4.98 Å². The first-order valence-electron chi connectivity index (χ1n) is 9.68. The Balaban J connectivity index is 0.00000225. The summed E-state index contributed by atoms with van der Waals surface area (Å²) >= 11 is 0. The molecule has 0 spiro atoms. The average Bonchev–Trinajstić information content (AvgIpc) is 3.35. The Labute approximate surface area is 171 Å². The van der Waals surface area contributed by atoms with Crippen LogP contribution in [-0.4, -0.2) is 35.2 Å². The second-order valence-electron chi connectivity index (χ2n) is 7.52. The van der Waals surface area contributed by atoms with Gasteiger partial charge in [-0.15, -0.1) is 12.4 Å². The van der Waals surface area contributed by atoms with Crippen molar-refractivity contribution in [3.8, 4) is 17.1 Å². The SMILES string of the molecule is COc1cccc(-c2noc(C(C)NC(=O)C3CC4CCCCC4N3)n2)c1.Cl. The number of nitrogens with zero attached hydrogens (tertiary/aromatic N) is 2. The fraction of sp³-hybridized carbons (Fsp3) is 0.550. The third kappa shape index (κ3) is 4.31. The van der Waals surface area contributed by atoms with E-state index in [1.54, 1.807) is 7.11 Å². The van der Waals surface area contributed by atoms with Crippen molar-refractivity contribution in [2.24, 2.45) is 5.92 Å². The van der Waals surface area contributed by atoms with E-state index in [9.17, 15) is 4.79 Å². The molecule has 2 N–H and O–H groups in total. The number of amides is 1. The Morgan fingerprint density at radius 1 is 1.36 bits per heavy atom. The number of hydrogen-bond donors (Lipinski definition) is 2. The Hall–Kier alpha value is -2.12. The summed E-state index contributed by atoms with van der Waals surface area (Å²) in [5.74, 6) is 2.26. The van der Waals surface area contributed by atoms with Crippen LogP contribution in [0.4, 0.5) is 0 Å². The van der Waals surface area contributed by atoms with E-state index in [4.69, 9.17) is 9.26 Å². The zero-order valence-electron chi connectivity index (χ0n) is 16.2. The Morgan fingerprint density at radius 3 is 2.96 bits per heavy atom. The molecule has 2 heterocycles. The molecule has 2 aromatic rings. The largest absolute Gasteiger partial charge is 0.497 e. The Kier molecular flexibility index (Phi) is 6.57. The number of fused-ring (bicyclic) bond motifs is 1. The molecule has 4 rings (SSSR count). The lowest BCUT2D eigenvalue weighted by atomic mass is 9.85. The second kappa shape index (κ2) is 8.92. The van der Waals surface area contributed by atoms with E-state index in [2.05, 4.69) is 20.8 Å². The average molecular weight is 407 g/mol. The second-order valence-corrected chi connectivity index (χ2v) is 7.52. The van der Waals surface area contributed by atoms with Gasteiger partial charge in [0.2, 0.25) is 17.6 Å². The topological polar surface area (TPSA) is 89.3 Å². The Bertz CT molecular complexity index is 798. The van der Waals surface area contributed by atoms with Gasteiger partial charge in [0.15, 0.2) is 0 Å². The van der Waals surface area contributed by atoms with Gasteiger partial charge < -0.3 is 19.9 Å². The maximum absolute atomic E-state index is 12.7. The number of benzene rings is 1. The fourth-order valence-electron chi connectivity index (χ4n) is 4.19. The summed E-state index contributed by atoms with van der Waals surface area (Å²) in [5, 5.41) is 10.6. The molecule has 0 radical (unpaired) electrons. The number of carbonyl (C=O) groups excluding carboxylic acids is 1. The van der Waals surface area contributed by atoms with Gasteiger partial charge in [-0.05, 0) is 44.2 Å². The molecular formula is C20H27ClN4O3. The lowest BCUT2D eigenvalue weighted by Crippen LogP contribution is -2.43. The third-order valence-electron chi connectivity index (χ3n) is 5.68. The third-order valence-corrected chi connectivity index (χ3v) is 5.68. The van der Waals surface area contributed by atoms with E-state index >= 15 is 0 Å². The van der Waals surface area contributed by atoms with Crippen molar-refractivity contribution >= 4 is 18.3 Å². The summed E-state index contributed by atoms with van der Waals surface area (Å²) in [5.41, 5.74) is 0.810. The summed E-state index contributed by atoms with van der Waals surface area (Å²) in [4.78, 5) is 17.1. The van der Waals surface area contributed by atoms with Crippen molar-refractivity contribution < 1.29 is 14.1 Å². The van der Waals surface area contributed by atoms with Gasteiger partial charge in [-0.3, -0.25) is 4.79 Å². The highest BCUT2D eigenvalue weighted by Gasteiger charge is 2.38. The predicted molar refractivity (Wildman–Crippen MR) is 107 cm³/mol. The number of hydrogen-bond acceptors (Lipinski definition) is 6. The maximum atomic E-state index is 12.7. The van der Waals surface area contributed by atoms with Crippen molar-refractivity contribution in [1.82, 2.24) is 20.8 Å². The molecule has 152 valence electrons. The number of nitrogens with one attached hydrogen (secondary N) is 2.